The fourth-order valence-electron chi connectivity index (χ4n) is 13.8. The van der Waals surface area contributed by atoms with Crippen LogP contribution in [0.25, 0.3) is 11.1 Å². The van der Waals surface area contributed by atoms with Crippen molar-refractivity contribution in [1.29, 1.82) is 0 Å². The van der Waals surface area contributed by atoms with Crippen molar-refractivity contribution in [2.24, 2.45) is 0 Å². The predicted octanol–water partition coefficient (Wildman–Crippen LogP) is 16.0. The summed E-state index contributed by atoms with van der Waals surface area (Å²) in [5, 5.41) is 0. The quantitative estimate of drug-likeness (QED) is 0.164. The Labute approximate surface area is 420 Å². The Hall–Kier alpha value is -6.00. The maximum absolute atomic E-state index is 2.79. The molecule has 1 fully saturated rings. The van der Waals surface area contributed by atoms with Crippen molar-refractivity contribution >= 4 is 68.6 Å². The maximum atomic E-state index is 2.79. The summed E-state index contributed by atoms with van der Waals surface area (Å²) in [5.74, 6) is 0. The molecule has 3 aliphatic heterocycles. The first-order valence-corrected chi connectivity index (χ1v) is 26.3. The fraction of sp³-hybridized carbons (Fsp3) is 0.364. The van der Waals surface area contributed by atoms with Crippen molar-refractivity contribution in [2.75, 3.05) is 14.7 Å². The van der Waals surface area contributed by atoms with Gasteiger partial charge in [-0.3, -0.25) is 0 Å². The first-order chi connectivity index (χ1) is 33.0. The molecule has 0 spiro atoms. The fourth-order valence-corrected chi connectivity index (χ4v) is 13.8. The molecule has 354 valence electrons. The molecule has 0 bridgehead atoms. The van der Waals surface area contributed by atoms with Crippen LogP contribution < -0.4 is 31.1 Å². The van der Waals surface area contributed by atoms with Crippen LogP contribution >= 0.6 is 0 Å². The van der Waals surface area contributed by atoms with Gasteiger partial charge in [0.1, 0.15) is 0 Å². The van der Waals surface area contributed by atoms with Gasteiger partial charge in [-0.15, -0.1) is 0 Å². The van der Waals surface area contributed by atoms with Crippen molar-refractivity contribution in [3.63, 3.8) is 0 Å². The van der Waals surface area contributed by atoms with E-state index < -0.39 is 0 Å². The molecule has 1 saturated carbocycles. The number of hydrogen-bond acceptors (Lipinski definition) is 3. The molecule has 0 aromatic heterocycles. The Morgan fingerprint density at radius 2 is 1.01 bits per heavy atom. The van der Waals surface area contributed by atoms with Gasteiger partial charge in [0.15, 0.2) is 0 Å². The van der Waals surface area contributed by atoms with E-state index >= 15 is 0 Å². The number of fused-ring (bicyclic) bond motifs is 10. The summed E-state index contributed by atoms with van der Waals surface area (Å²) in [6, 6.07) is 53.3. The SMILES string of the molecule is Cc1cc2c3c(c1)N(c1ccc4c(c1)C(C)(C)c1ccccc1-4)c1cc(N4c5ccc(C(C)(C)C)cc5C5(C)CCCCC45C)ccc1B3c1cc(C(C)(C)C)ccc1N2c1ccc(C(C)(C)C)cc1. The Bertz CT molecular complexity index is 3320. The first-order valence-electron chi connectivity index (χ1n) is 26.3. The molecule has 3 nitrogen and oxygen atoms in total. The Kier molecular flexibility index (Phi) is 9.54. The molecule has 2 unspecified atom stereocenters. The second-order valence-electron chi connectivity index (χ2n) is 25.9. The smallest absolute Gasteiger partial charge is 0.252 e. The second kappa shape index (κ2) is 14.8. The number of anilines is 8. The van der Waals surface area contributed by atoms with Gasteiger partial charge in [-0.05, 0) is 170 Å². The van der Waals surface area contributed by atoms with Crippen LogP contribution in [0.1, 0.15) is 155 Å². The molecule has 4 heteroatoms. The zero-order chi connectivity index (χ0) is 49.2. The average Bonchev–Trinajstić information content (AvgIpc) is 3.66. The molecule has 7 aromatic rings. The third-order valence-electron chi connectivity index (χ3n) is 18.1. The van der Waals surface area contributed by atoms with E-state index in [9.17, 15) is 0 Å². The third-order valence-corrected chi connectivity index (χ3v) is 18.1. The largest absolute Gasteiger partial charge is 0.334 e. The molecule has 0 radical (unpaired) electrons. The van der Waals surface area contributed by atoms with Crippen molar-refractivity contribution < 1.29 is 0 Å². The summed E-state index contributed by atoms with van der Waals surface area (Å²) < 4.78 is 0. The lowest BCUT2D eigenvalue weighted by molar-refractivity contribution is 0.195. The number of rotatable bonds is 3. The van der Waals surface area contributed by atoms with E-state index in [0.29, 0.717) is 0 Å². The second-order valence-corrected chi connectivity index (χ2v) is 25.9. The van der Waals surface area contributed by atoms with E-state index in [1.165, 1.54) is 131 Å². The maximum Gasteiger partial charge on any atom is 0.252 e. The van der Waals surface area contributed by atoms with Crippen molar-refractivity contribution in [3.05, 3.63) is 172 Å². The Morgan fingerprint density at radius 3 is 1.70 bits per heavy atom. The molecule has 5 aliphatic rings. The van der Waals surface area contributed by atoms with E-state index in [4.69, 9.17) is 0 Å². The van der Waals surface area contributed by atoms with Gasteiger partial charge < -0.3 is 14.7 Å². The molecule has 0 saturated heterocycles. The van der Waals surface area contributed by atoms with Gasteiger partial charge in [-0.2, -0.15) is 0 Å². The molecular weight excluding hydrogens is 846 g/mol. The number of benzene rings is 7. The number of aryl methyl sites for hydroxylation is 1. The number of hydrogen-bond donors (Lipinski definition) is 0. The van der Waals surface area contributed by atoms with Crippen LogP contribution in [0.5, 0.6) is 0 Å². The molecule has 70 heavy (non-hydrogen) atoms. The highest BCUT2D eigenvalue weighted by atomic mass is 15.3. The summed E-state index contributed by atoms with van der Waals surface area (Å²) in [6.07, 6.45) is 4.87. The minimum absolute atomic E-state index is 0.0229. The molecule has 7 aromatic carbocycles. The Morgan fingerprint density at radius 1 is 0.443 bits per heavy atom. The van der Waals surface area contributed by atoms with Gasteiger partial charge in [-0.1, -0.05) is 169 Å². The van der Waals surface area contributed by atoms with Gasteiger partial charge in [0.25, 0.3) is 6.71 Å². The molecule has 3 heterocycles. The van der Waals surface area contributed by atoms with Gasteiger partial charge in [0.05, 0.1) is 5.54 Å². The Balaban J connectivity index is 1.14. The molecule has 12 rings (SSSR count). The van der Waals surface area contributed by atoms with Crippen molar-refractivity contribution in [3.8, 4) is 11.1 Å². The molecule has 2 atom stereocenters. The van der Waals surface area contributed by atoms with Crippen LogP contribution in [0.15, 0.2) is 133 Å². The van der Waals surface area contributed by atoms with Gasteiger partial charge >= 0.3 is 0 Å². The monoisotopic (exact) mass is 918 g/mol. The highest BCUT2D eigenvalue weighted by molar-refractivity contribution is 7.00. The van der Waals surface area contributed by atoms with Gasteiger partial charge in [0, 0.05) is 56.3 Å². The lowest BCUT2D eigenvalue weighted by atomic mass is 9.33. The predicted molar refractivity (Wildman–Crippen MR) is 302 cm³/mol. The summed E-state index contributed by atoms with van der Waals surface area (Å²) in [5.41, 5.74) is 26.6. The topological polar surface area (TPSA) is 9.72 Å². The van der Waals surface area contributed by atoms with Crippen LogP contribution in [0.4, 0.5) is 45.5 Å². The molecule has 0 amide bonds. The van der Waals surface area contributed by atoms with E-state index in [-0.39, 0.29) is 39.3 Å². The molecule has 0 N–H and O–H groups in total. The van der Waals surface area contributed by atoms with Crippen LogP contribution in [0.2, 0.25) is 0 Å². The van der Waals surface area contributed by atoms with E-state index in [0.717, 1.165) is 6.42 Å². The summed E-state index contributed by atoms with van der Waals surface area (Å²) in [6.45, 7) is 33.4. The standard InChI is InChI=1S/C66H72BN3/c1-41-35-58-60-59(36-41)69(46-27-29-49-48-19-15-16-20-50(48)64(11,12)51(49)39-46)57-40-47(70-55-31-23-43(62(5,6)7)37-52(55)65(13)33-17-18-34-66(65,70)14)28-30-53(57)67(60)54-38-44(63(8,9)10)24-32-56(54)68(58)45-25-21-42(22-26-45)61(2,3)4/h15-16,19-32,35-40H,17-18,33-34H2,1-14H3. The highest BCUT2D eigenvalue weighted by Crippen LogP contribution is 2.62. The highest BCUT2D eigenvalue weighted by Gasteiger charge is 2.58. The van der Waals surface area contributed by atoms with Crippen molar-refractivity contribution in [2.45, 2.75) is 155 Å². The van der Waals surface area contributed by atoms with Gasteiger partial charge in [-0.25, -0.2) is 0 Å². The van der Waals surface area contributed by atoms with Crippen molar-refractivity contribution in [1.82, 2.24) is 0 Å². The summed E-state index contributed by atoms with van der Waals surface area (Å²) in [4.78, 5) is 8.04. The van der Waals surface area contributed by atoms with E-state index in [1.54, 1.807) is 0 Å². The summed E-state index contributed by atoms with van der Waals surface area (Å²) in [7, 11) is 0. The van der Waals surface area contributed by atoms with Crippen LogP contribution in [0, 0.1) is 6.92 Å². The zero-order valence-electron chi connectivity index (χ0n) is 44.4. The number of nitrogens with zero attached hydrogens (tertiary/aromatic N) is 3. The van der Waals surface area contributed by atoms with Crippen LogP contribution in [-0.4, -0.2) is 12.3 Å². The first kappa shape index (κ1) is 45.2. The zero-order valence-corrected chi connectivity index (χ0v) is 44.4. The molecule has 2 aliphatic carbocycles. The normalized spacial score (nSPS) is 20.6. The van der Waals surface area contributed by atoms with Crippen LogP contribution in [0.3, 0.4) is 0 Å². The molecular formula is C66H72BN3. The average molecular weight is 918 g/mol. The van der Waals surface area contributed by atoms with Crippen LogP contribution in [-0.2, 0) is 27.1 Å². The van der Waals surface area contributed by atoms with Gasteiger partial charge in [0.2, 0.25) is 0 Å². The minimum atomic E-state index is -0.138. The minimum Gasteiger partial charge on any atom is -0.334 e. The third kappa shape index (κ3) is 6.33. The lowest BCUT2D eigenvalue weighted by Gasteiger charge is -2.50. The lowest BCUT2D eigenvalue weighted by Crippen LogP contribution is -2.61. The summed E-state index contributed by atoms with van der Waals surface area (Å²) >= 11 is 0. The van der Waals surface area contributed by atoms with E-state index in [2.05, 4.69) is 245 Å². The van der Waals surface area contributed by atoms with E-state index in [1.807, 2.05) is 0 Å².